The first-order valence-corrected chi connectivity index (χ1v) is 14.3. The maximum atomic E-state index is 13.7. The minimum absolute atomic E-state index is 0.00841. The number of rotatable bonds is 8. The Morgan fingerprint density at radius 1 is 0.905 bits per heavy atom. The van der Waals surface area contributed by atoms with Crippen molar-refractivity contribution in [1.29, 1.82) is 5.26 Å². The molecule has 6 rings (SSSR count). The van der Waals surface area contributed by atoms with Gasteiger partial charge < -0.3 is 9.88 Å². The molecule has 0 spiro atoms. The number of carbonyl (C=O) groups excluding carboxylic acids is 1. The molecule has 0 saturated heterocycles. The summed E-state index contributed by atoms with van der Waals surface area (Å²) in [5.41, 5.74) is 8.48. The first-order chi connectivity index (χ1) is 20.6. The van der Waals surface area contributed by atoms with Crippen molar-refractivity contribution in [1.82, 2.24) is 19.8 Å². The number of imidazole rings is 1. The number of halogens is 1. The first-order valence-electron chi connectivity index (χ1n) is 14.0. The van der Waals surface area contributed by atoms with Crippen molar-refractivity contribution in [3.63, 3.8) is 0 Å². The van der Waals surface area contributed by atoms with Gasteiger partial charge >= 0.3 is 0 Å². The molecule has 0 fully saturated rings. The quantitative estimate of drug-likeness (QED) is 0.235. The van der Waals surface area contributed by atoms with Gasteiger partial charge in [-0.25, -0.2) is 4.98 Å². The van der Waals surface area contributed by atoms with E-state index in [9.17, 15) is 4.79 Å². The Balaban J connectivity index is 1.26. The van der Waals surface area contributed by atoms with E-state index in [0.717, 1.165) is 16.8 Å². The zero-order chi connectivity index (χ0) is 28.9. The van der Waals surface area contributed by atoms with Crippen LogP contribution in [-0.2, 0) is 37.4 Å². The third-order valence-corrected chi connectivity index (χ3v) is 8.03. The predicted octanol–water partition coefficient (Wildman–Crippen LogP) is 6.37. The van der Waals surface area contributed by atoms with Crippen molar-refractivity contribution < 1.29 is 4.79 Å². The Bertz CT molecular complexity index is 1740. The topological polar surface area (TPSA) is 74.0 Å². The third kappa shape index (κ3) is 6.28. The van der Waals surface area contributed by atoms with Gasteiger partial charge in [0, 0.05) is 37.4 Å². The molecule has 0 bridgehead atoms. The van der Waals surface area contributed by atoms with Crippen LogP contribution in [-0.4, -0.2) is 26.4 Å². The number of hydrogen-bond donors (Lipinski definition) is 1. The maximum Gasteiger partial charge on any atom is 0.237 e. The number of amides is 1. The van der Waals surface area contributed by atoms with Crippen molar-refractivity contribution in [3.8, 4) is 17.2 Å². The summed E-state index contributed by atoms with van der Waals surface area (Å²) in [6.45, 7) is 2.27. The van der Waals surface area contributed by atoms with E-state index in [1.165, 1.54) is 22.3 Å². The Morgan fingerprint density at radius 2 is 1.74 bits per heavy atom. The molecule has 1 amide bonds. The van der Waals surface area contributed by atoms with E-state index >= 15 is 0 Å². The maximum absolute atomic E-state index is 13.7. The number of nitriles is 1. The van der Waals surface area contributed by atoms with Crippen LogP contribution in [0.2, 0.25) is 5.02 Å². The minimum Gasteiger partial charge on any atom is -0.351 e. The predicted molar refractivity (Wildman–Crippen MR) is 164 cm³/mol. The molecule has 0 saturated carbocycles. The lowest BCUT2D eigenvalue weighted by Crippen LogP contribution is -2.49. The first kappa shape index (κ1) is 27.5. The number of hydrogen-bond acceptors (Lipinski definition) is 4. The van der Waals surface area contributed by atoms with Gasteiger partial charge in [-0.2, -0.15) is 5.26 Å². The van der Waals surface area contributed by atoms with Crippen molar-refractivity contribution in [2.75, 3.05) is 0 Å². The summed E-state index contributed by atoms with van der Waals surface area (Å²) in [5.74, 6) is -0.00841. The lowest BCUT2D eigenvalue weighted by atomic mass is 9.90. The molecule has 0 unspecified atom stereocenters. The summed E-state index contributed by atoms with van der Waals surface area (Å²) >= 11 is 6.17. The molecule has 1 aliphatic heterocycles. The van der Waals surface area contributed by atoms with Gasteiger partial charge in [0.2, 0.25) is 5.91 Å². The molecule has 1 aromatic heterocycles. The van der Waals surface area contributed by atoms with Crippen LogP contribution in [0.4, 0.5) is 0 Å². The standard InChI is InChI=1S/C35H30ClN5O/c36-32-8-4-5-27(15-32)19-39-35(42)34-17-30-14-13-29(28-6-2-1-3-7-28)16-31(30)22-40(34)23-33-20-38-24-41(33)21-26-11-9-25(18-37)10-12-26/h1-16,20,24,34H,17,19,21-23H2,(H,39,42)/t34-/m0/s1. The molecule has 4 aromatic carbocycles. The van der Waals surface area contributed by atoms with Crippen molar-refractivity contribution in [3.05, 3.63) is 148 Å². The fourth-order valence-electron chi connectivity index (χ4n) is 5.54. The third-order valence-electron chi connectivity index (χ3n) is 7.80. The summed E-state index contributed by atoms with van der Waals surface area (Å²) in [6, 6.07) is 33.9. The van der Waals surface area contributed by atoms with Gasteiger partial charge in [0.15, 0.2) is 0 Å². The highest BCUT2D eigenvalue weighted by Gasteiger charge is 2.32. The van der Waals surface area contributed by atoms with Gasteiger partial charge in [0.05, 0.1) is 29.7 Å². The zero-order valence-corrected chi connectivity index (χ0v) is 23.8. The highest BCUT2D eigenvalue weighted by molar-refractivity contribution is 6.30. The molecule has 7 heteroatoms. The summed E-state index contributed by atoms with van der Waals surface area (Å²) in [4.78, 5) is 20.4. The van der Waals surface area contributed by atoms with E-state index in [-0.39, 0.29) is 11.9 Å². The molecule has 2 heterocycles. The number of nitrogens with one attached hydrogen (secondary N) is 1. The number of benzene rings is 4. The molecular formula is C35H30ClN5O. The van der Waals surface area contributed by atoms with Gasteiger partial charge in [0.25, 0.3) is 0 Å². The van der Waals surface area contributed by atoms with E-state index in [1.807, 2.05) is 67.1 Å². The molecule has 0 aliphatic carbocycles. The molecule has 5 aromatic rings. The Morgan fingerprint density at radius 3 is 2.52 bits per heavy atom. The van der Waals surface area contributed by atoms with Crippen LogP contribution in [0.1, 0.15) is 33.5 Å². The largest absolute Gasteiger partial charge is 0.351 e. The van der Waals surface area contributed by atoms with Crippen molar-refractivity contribution >= 4 is 17.5 Å². The highest BCUT2D eigenvalue weighted by atomic mass is 35.5. The Labute approximate surface area is 250 Å². The van der Waals surface area contributed by atoms with Crippen LogP contribution < -0.4 is 5.32 Å². The fraction of sp³-hybridized carbons (Fsp3) is 0.171. The minimum atomic E-state index is -0.336. The van der Waals surface area contributed by atoms with Crippen LogP contribution >= 0.6 is 11.6 Å². The van der Waals surface area contributed by atoms with Crippen LogP contribution in [0.5, 0.6) is 0 Å². The Hall–Kier alpha value is -4.70. The molecule has 1 atom stereocenters. The molecule has 208 valence electrons. The molecule has 1 aliphatic rings. The zero-order valence-electron chi connectivity index (χ0n) is 23.1. The van der Waals surface area contributed by atoms with Gasteiger partial charge in [-0.05, 0) is 70.1 Å². The van der Waals surface area contributed by atoms with Crippen LogP contribution in [0.25, 0.3) is 11.1 Å². The number of nitrogens with zero attached hydrogens (tertiary/aromatic N) is 4. The van der Waals surface area contributed by atoms with Gasteiger partial charge in [0.1, 0.15) is 0 Å². The molecule has 0 radical (unpaired) electrons. The van der Waals surface area contributed by atoms with E-state index in [2.05, 4.69) is 68.3 Å². The summed E-state index contributed by atoms with van der Waals surface area (Å²) < 4.78 is 2.11. The second kappa shape index (κ2) is 12.4. The second-order valence-electron chi connectivity index (χ2n) is 10.6. The average molecular weight is 572 g/mol. The van der Waals surface area contributed by atoms with Gasteiger partial charge in [-0.15, -0.1) is 0 Å². The molecule has 6 nitrogen and oxygen atoms in total. The molecular weight excluding hydrogens is 542 g/mol. The second-order valence-corrected chi connectivity index (χ2v) is 11.1. The van der Waals surface area contributed by atoms with E-state index < -0.39 is 0 Å². The monoisotopic (exact) mass is 571 g/mol. The fourth-order valence-corrected chi connectivity index (χ4v) is 5.75. The molecule has 1 N–H and O–H groups in total. The Kier molecular flexibility index (Phi) is 8.14. The summed E-state index contributed by atoms with van der Waals surface area (Å²) in [5, 5.41) is 12.9. The normalized spacial score (nSPS) is 14.6. The number of fused-ring (bicyclic) bond motifs is 1. The highest BCUT2D eigenvalue weighted by Crippen LogP contribution is 2.30. The van der Waals surface area contributed by atoms with E-state index in [0.29, 0.717) is 43.2 Å². The average Bonchev–Trinajstić information content (AvgIpc) is 3.46. The molecule has 42 heavy (non-hydrogen) atoms. The van der Waals surface area contributed by atoms with E-state index in [1.54, 1.807) is 0 Å². The van der Waals surface area contributed by atoms with Crippen molar-refractivity contribution in [2.24, 2.45) is 0 Å². The van der Waals surface area contributed by atoms with Crippen LogP contribution in [0, 0.1) is 11.3 Å². The SMILES string of the molecule is N#Cc1ccc(Cn2cncc2CN2Cc3cc(-c4ccccc4)ccc3C[C@H]2C(=O)NCc2cccc(Cl)c2)cc1. The smallest absolute Gasteiger partial charge is 0.237 e. The number of aromatic nitrogens is 2. The van der Waals surface area contributed by atoms with Gasteiger partial charge in [-0.1, -0.05) is 78.3 Å². The summed E-state index contributed by atoms with van der Waals surface area (Å²) in [6.07, 6.45) is 4.32. The van der Waals surface area contributed by atoms with Crippen LogP contribution in [0.3, 0.4) is 0 Å². The van der Waals surface area contributed by atoms with E-state index in [4.69, 9.17) is 16.9 Å². The number of carbonyl (C=O) groups is 1. The van der Waals surface area contributed by atoms with Crippen molar-refractivity contribution in [2.45, 2.75) is 38.6 Å². The van der Waals surface area contributed by atoms with Crippen LogP contribution in [0.15, 0.2) is 110 Å². The lowest BCUT2D eigenvalue weighted by Gasteiger charge is -2.36. The summed E-state index contributed by atoms with van der Waals surface area (Å²) in [7, 11) is 0. The lowest BCUT2D eigenvalue weighted by molar-refractivity contribution is -0.127. The van der Waals surface area contributed by atoms with Gasteiger partial charge in [-0.3, -0.25) is 9.69 Å².